The molecular formula is C65H112O16P2. The number of hydrogen-bond acceptors (Lipinski definition) is 14. The molecule has 0 radical (unpaired) electrons. The highest BCUT2D eigenvalue weighted by molar-refractivity contribution is 7.47. The Balaban J connectivity index is 4.69. The number of rotatable bonds is 59. The van der Waals surface area contributed by atoms with Crippen molar-refractivity contribution in [1.29, 1.82) is 0 Å². The Morgan fingerprint density at radius 1 is 0.349 bits per heavy atom. The lowest BCUT2D eigenvalue weighted by molar-refractivity contribution is -0.161. The molecule has 0 aromatic heterocycles. The number of ether oxygens (including phenoxy) is 3. The van der Waals surface area contributed by atoms with Crippen molar-refractivity contribution in [3.63, 3.8) is 0 Å². The molecule has 0 aromatic carbocycles. The molecule has 5 unspecified atom stereocenters. The molecule has 0 rings (SSSR count). The van der Waals surface area contributed by atoms with Gasteiger partial charge >= 0.3 is 33.6 Å². The van der Waals surface area contributed by atoms with Crippen molar-refractivity contribution in [3.8, 4) is 0 Å². The van der Waals surface area contributed by atoms with Gasteiger partial charge in [-0.1, -0.05) is 201 Å². The molecule has 0 spiro atoms. The van der Waals surface area contributed by atoms with Crippen LogP contribution in [0.3, 0.4) is 0 Å². The van der Waals surface area contributed by atoms with Crippen LogP contribution in [-0.4, -0.2) is 95.9 Å². The molecule has 0 fully saturated rings. The molecule has 5 atom stereocenters. The van der Waals surface area contributed by atoms with Crippen molar-refractivity contribution in [2.24, 2.45) is 0 Å². The van der Waals surface area contributed by atoms with E-state index in [9.17, 15) is 43.5 Å². The van der Waals surface area contributed by atoms with E-state index in [1.807, 2.05) is 0 Å². The smallest absolute Gasteiger partial charge is 0.463 e. The summed E-state index contributed by atoms with van der Waals surface area (Å²) in [6.45, 7) is 2.39. The Bertz CT molecular complexity index is 1910. The minimum atomic E-state index is -4.93. The Hall–Kier alpha value is -3.53. The molecule has 0 saturated carbocycles. The Labute approximate surface area is 501 Å². The minimum Gasteiger partial charge on any atom is -0.463 e. The molecule has 0 aliphatic rings. The zero-order chi connectivity index (χ0) is 61.0. The van der Waals surface area contributed by atoms with Crippen LogP contribution in [0.5, 0.6) is 0 Å². The van der Waals surface area contributed by atoms with Crippen LogP contribution in [0.4, 0.5) is 0 Å². The number of allylic oxidation sites excluding steroid dienone is 16. The maximum absolute atomic E-state index is 12.9. The fourth-order valence-electron chi connectivity index (χ4n) is 7.92. The number of carbonyl (C=O) groups excluding carboxylic acids is 3. The number of aliphatic hydroxyl groups excluding tert-OH is 2. The van der Waals surface area contributed by atoms with Crippen molar-refractivity contribution in [2.45, 2.75) is 257 Å². The molecular weight excluding hydrogens is 1100 g/mol. The van der Waals surface area contributed by atoms with Crippen LogP contribution >= 0.6 is 15.6 Å². The van der Waals surface area contributed by atoms with Crippen LogP contribution < -0.4 is 0 Å². The minimum absolute atomic E-state index is 0.0853. The van der Waals surface area contributed by atoms with Crippen molar-refractivity contribution < 1.29 is 75.8 Å². The number of aliphatic hydroxyl groups is 2. The van der Waals surface area contributed by atoms with Gasteiger partial charge in [0.05, 0.1) is 26.4 Å². The first-order valence-corrected chi connectivity index (χ1v) is 34.5. The van der Waals surface area contributed by atoms with Crippen molar-refractivity contribution in [1.82, 2.24) is 0 Å². The monoisotopic (exact) mass is 1210 g/mol. The van der Waals surface area contributed by atoms with Gasteiger partial charge in [-0.3, -0.25) is 32.5 Å². The lowest BCUT2D eigenvalue weighted by Crippen LogP contribution is -2.30. The molecule has 0 amide bonds. The number of phosphoric acid groups is 2. The molecule has 0 aliphatic heterocycles. The second kappa shape index (κ2) is 58.8. The summed E-state index contributed by atoms with van der Waals surface area (Å²) in [6, 6.07) is 0. The Morgan fingerprint density at radius 2 is 0.663 bits per heavy atom. The topological polar surface area (TPSA) is 231 Å². The van der Waals surface area contributed by atoms with Gasteiger partial charge in [0, 0.05) is 19.3 Å². The van der Waals surface area contributed by atoms with Gasteiger partial charge in [0.1, 0.15) is 25.4 Å². The third-order valence-electron chi connectivity index (χ3n) is 12.7. The van der Waals surface area contributed by atoms with E-state index < -0.39 is 91.5 Å². The van der Waals surface area contributed by atoms with Gasteiger partial charge in [0.25, 0.3) is 0 Å². The Kier molecular flexibility index (Phi) is 56.3. The average molecular weight is 1210 g/mol. The summed E-state index contributed by atoms with van der Waals surface area (Å²) >= 11 is 0. The van der Waals surface area contributed by atoms with Gasteiger partial charge in [-0.25, -0.2) is 9.13 Å². The van der Waals surface area contributed by atoms with Gasteiger partial charge in [-0.05, 0) is 116 Å². The normalized spacial score (nSPS) is 15.0. The van der Waals surface area contributed by atoms with Gasteiger partial charge in [-0.15, -0.1) is 0 Å². The molecule has 0 aliphatic carbocycles. The van der Waals surface area contributed by atoms with Crippen molar-refractivity contribution >= 4 is 33.6 Å². The summed E-state index contributed by atoms with van der Waals surface area (Å²) in [5.41, 5.74) is 0. The fraction of sp³-hybridized carbons (Fsp3) is 0.708. The van der Waals surface area contributed by atoms with E-state index in [0.717, 1.165) is 141 Å². The second-order valence-corrected chi connectivity index (χ2v) is 23.7. The van der Waals surface area contributed by atoms with E-state index in [0.29, 0.717) is 19.3 Å². The summed E-state index contributed by atoms with van der Waals surface area (Å²) < 4.78 is 60.6. The summed E-state index contributed by atoms with van der Waals surface area (Å²) in [6.07, 6.45) is 61.9. The standard InChI is InChI=1S/C65H112O16P2/c1-4-7-10-13-16-19-22-25-27-28-29-30-32-35-36-39-42-45-48-51-63(68)75-54-60(66)55-77-82(71,72)78-56-61(67)57-79-83(73,74)80-59-62(81-65(70)53-50-47-44-41-38-33-24-21-18-15-12-9-6-3)58-76-64(69)52-49-46-43-40-37-34-31-26-23-20-17-14-11-8-5-2/h7,10,12,15-16,19,21,24-27,29-31,35-36,60-62,66-67H,4-6,8-9,11,13-14,17-18,20,22-23,28,32-34,37-59H2,1-3H3,(H,71,72)(H,73,74)/b10-7-,15-12-,19-16-,24-21-,27-25-,30-29-,31-26-,36-35-. The highest BCUT2D eigenvalue weighted by Crippen LogP contribution is 2.45. The summed E-state index contributed by atoms with van der Waals surface area (Å²) in [5, 5.41) is 20.5. The number of esters is 3. The first-order chi connectivity index (χ1) is 40.2. The van der Waals surface area contributed by atoms with Crippen LogP contribution in [0.2, 0.25) is 0 Å². The predicted molar refractivity (Wildman–Crippen MR) is 334 cm³/mol. The summed E-state index contributed by atoms with van der Waals surface area (Å²) in [5.74, 6) is -1.63. The number of hydrogen-bond donors (Lipinski definition) is 4. The van der Waals surface area contributed by atoms with Crippen molar-refractivity contribution in [2.75, 3.05) is 39.6 Å². The third kappa shape index (κ3) is 60.0. The van der Waals surface area contributed by atoms with Crippen LogP contribution in [-0.2, 0) is 55.8 Å². The molecule has 0 saturated heterocycles. The van der Waals surface area contributed by atoms with Gasteiger partial charge in [0.2, 0.25) is 0 Å². The molecule has 0 aromatic rings. The van der Waals surface area contributed by atoms with Gasteiger partial charge < -0.3 is 34.2 Å². The largest absolute Gasteiger partial charge is 0.472 e. The number of phosphoric ester groups is 2. The second-order valence-electron chi connectivity index (χ2n) is 20.8. The SMILES string of the molecule is CC/C=C\C/C=C\C/C=C\C/C=C\C/C=C\CCCCCC(=O)OCC(O)COP(=O)(O)OCC(O)COP(=O)(O)OCC(COC(=O)CCCCCCC/C=C\CCCCCCCC)OC(=O)CCCCCCC/C=C\C/C=C\CCC. The molecule has 18 heteroatoms. The van der Waals surface area contributed by atoms with E-state index in [1.165, 1.54) is 38.5 Å². The maximum Gasteiger partial charge on any atom is 0.472 e. The maximum atomic E-state index is 12.9. The van der Waals surface area contributed by atoms with E-state index in [-0.39, 0.29) is 19.3 Å². The van der Waals surface area contributed by atoms with Crippen LogP contribution in [0.25, 0.3) is 0 Å². The predicted octanol–water partition coefficient (Wildman–Crippen LogP) is 16.7. The van der Waals surface area contributed by atoms with Crippen LogP contribution in [0, 0.1) is 0 Å². The molecule has 83 heavy (non-hydrogen) atoms. The molecule has 0 bridgehead atoms. The summed E-state index contributed by atoms with van der Waals surface area (Å²) in [7, 11) is -9.78. The highest BCUT2D eigenvalue weighted by Gasteiger charge is 2.29. The quantitative estimate of drug-likeness (QED) is 0.0146. The van der Waals surface area contributed by atoms with Crippen LogP contribution in [0.15, 0.2) is 97.2 Å². The van der Waals surface area contributed by atoms with E-state index in [1.54, 1.807) is 0 Å². The van der Waals surface area contributed by atoms with Gasteiger partial charge in [-0.2, -0.15) is 0 Å². The van der Waals surface area contributed by atoms with Crippen molar-refractivity contribution in [3.05, 3.63) is 97.2 Å². The molecule has 16 nitrogen and oxygen atoms in total. The van der Waals surface area contributed by atoms with E-state index in [2.05, 4.69) is 118 Å². The Morgan fingerprint density at radius 3 is 1.08 bits per heavy atom. The van der Waals surface area contributed by atoms with E-state index >= 15 is 0 Å². The molecule has 0 heterocycles. The fourth-order valence-corrected chi connectivity index (χ4v) is 9.51. The van der Waals surface area contributed by atoms with Crippen LogP contribution in [0.1, 0.15) is 239 Å². The zero-order valence-electron chi connectivity index (χ0n) is 51.3. The third-order valence-corrected chi connectivity index (χ3v) is 14.6. The molecule has 478 valence electrons. The molecule has 4 N–H and O–H groups in total. The number of unbranched alkanes of at least 4 members (excludes halogenated alkanes) is 20. The summed E-state index contributed by atoms with van der Waals surface area (Å²) in [4.78, 5) is 58.2. The van der Waals surface area contributed by atoms with E-state index in [4.69, 9.17) is 32.3 Å². The first kappa shape index (κ1) is 79.5. The lowest BCUT2D eigenvalue weighted by Gasteiger charge is -2.21. The first-order valence-electron chi connectivity index (χ1n) is 31.5. The zero-order valence-corrected chi connectivity index (χ0v) is 53.1. The lowest BCUT2D eigenvalue weighted by atomic mass is 10.1. The number of carbonyl (C=O) groups is 3. The average Bonchev–Trinajstić information content (AvgIpc) is 3.46. The van der Waals surface area contributed by atoms with Gasteiger partial charge in [0.15, 0.2) is 6.10 Å². The highest BCUT2D eigenvalue weighted by atomic mass is 31.2.